The first-order chi connectivity index (χ1) is 3.00. The largest absolute Gasteiger partial charge is 0.344 e. The second kappa shape index (κ2) is 6.00. The van der Waals surface area contributed by atoms with Crippen LogP contribution in [0.1, 0.15) is 0 Å². The molecule has 0 aliphatic carbocycles. The van der Waals surface area contributed by atoms with Gasteiger partial charge in [0.1, 0.15) is 0 Å². The molecule has 0 fully saturated rings. The summed E-state index contributed by atoms with van der Waals surface area (Å²) in [5, 5.41) is 7.07. The molecule has 0 radical (unpaired) electrons. The van der Waals surface area contributed by atoms with Gasteiger partial charge in [-0.2, -0.15) is 10.2 Å². The average molecular weight is 114 g/mol. The van der Waals surface area contributed by atoms with Gasteiger partial charge < -0.3 is 12.3 Å². The van der Waals surface area contributed by atoms with Crippen molar-refractivity contribution in [2.75, 3.05) is 0 Å². The van der Waals surface area contributed by atoms with Crippen LogP contribution in [0.3, 0.4) is 0 Å². The molecule has 0 bridgehead atoms. The molecule has 46 valence electrons. The summed E-state index contributed by atoms with van der Waals surface area (Å²) >= 11 is 0. The highest BCUT2D eigenvalue weighted by Gasteiger charge is 1.59. The summed E-state index contributed by atoms with van der Waals surface area (Å²) in [6.45, 7) is 0. The first-order valence-corrected chi connectivity index (χ1v) is 1.72. The van der Waals surface area contributed by atoms with Gasteiger partial charge in [-0.1, -0.05) is 0 Å². The lowest BCUT2D eigenvalue weighted by Crippen LogP contribution is -1.69. The lowest BCUT2D eigenvalue weighted by atomic mass is 10.6. The van der Waals surface area contributed by atoms with Crippen LogP contribution in [-0.2, 0) is 0 Å². The number of hydrogen-bond acceptors (Lipinski definition) is 4. The number of rotatable bonds is 0. The van der Waals surface area contributed by atoms with Crippen LogP contribution in [0.25, 0.3) is 0 Å². The summed E-state index contributed by atoms with van der Waals surface area (Å²) in [7, 11) is 0. The van der Waals surface area contributed by atoms with Crippen molar-refractivity contribution in [2.24, 2.45) is 0 Å². The van der Waals surface area contributed by atoms with Gasteiger partial charge in [0.25, 0.3) is 0 Å². The maximum absolute atomic E-state index is 3.53. The van der Waals surface area contributed by atoms with Crippen molar-refractivity contribution in [1.82, 2.24) is 22.5 Å². The molecule has 6 N–H and O–H groups in total. The van der Waals surface area contributed by atoms with Gasteiger partial charge in [-0.15, -0.1) is 0 Å². The van der Waals surface area contributed by atoms with E-state index in [-0.39, 0.29) is 12.3 Å². The van der Waals surface area contributed by atoms with Crippen molar-refractivity contribution in [1.29, 1.82) is 0 Å². The molecule has 1 rings (SSSR count). The summed E-state index contributed by atoms with van der Waals surface area (Å²) in [5.74, 6) is 0. The Bertz CT molecular complexity index is 80.0. The Hall–Kier alpha value is -1.00. The van der Waals surface area contributed by atoms with Crippen LogP contribution in [0.4, 0.5) is 0 Å². The van der Waals surface area contributed by atoms with Crippen LogP contribution in [-0.4, -0.2) is 10.2 Å². The fraction of sp³-hybridized carbons (Fsp3) is 0. The Morgan fingerprint density at radius 2 is 1.12 bits per heavy atom. The molecular weight excluding hydrogens is 104 g/mol. The standard InChI is InChI=1S/C4H4N2.2H3N/c1-2-4-6-5-3-1;;/h1-4H;2*1H3. The third kappa shape index (κ3) is 3.20. The van der Waals surface area contributed by atoms with E-state index in [0.29, 0.717) is 0 Å². The van der Waals surface area contributed by atoms with Crippen molar-refractivity contribution in [3.05, 3.63) is 24.5 Å². The zero-order valence-electron chi connectivity index (χ0n) is 4.62. The lowest BCUT2D eigenvalue weighted by Gasteiger charge is -1.69. The number of nitrogens with zero attached hydrogens (tertiary/aromatic N) is 2. The van der Waals surface area contributed by atoms with Gasteiger partial charge in [0, 0.05) is 12.4 Å². The van der Waals surface area contributed by atoms with E-state index < -0.39 is 0 Å². The predicted molar refractivity (Wildman–Crippen MR) is 32.1 cm³/mol. The minimum Gasteiger partial charge on any atom is -0.344 e. The van der Waals surface area contributed by atoms with E-state index in [9.17, 15) is 0 Å². The quantitative estimate of drug-likeness (QED) is 0.521. The molecule has 4 nitrogen and oxygen atoms in total. The second-order valence-electron chi connectivity index (χ2n) is 0.914. The van der Waals surface area contributed by atoms with Gasteiger partial charge in [0.05, 0.1) is 0 Å². The van der Waals surface area contributed by atoms with Gasteiger partial charge in [-0.25, -0.2) is 0 Å². The van der Waals surface area contributed by atoms with Crippen LogP contribution in [0.5, 0.6) is 0 Å². The molecule has 0 unspecified atom stereocenters. The maximum atomic E-state index is 3.53. The molecule has 1 heterocycles. The van der Waals surface area contributed by atoms with Crippen LogP contribution in [0.2, 0.25) is 0 Å². The van der Waals surface area contributed by atoms with Crippen molar-refractivity contribution >= 4 is 0 Å². The molecule has 1 aromatic rings. The average Bonchev–Trinajstić information content (AvgIpc) is 1.72. The van der Waals surface area contributed by atoms with Crippen LogP contribution in [0, 0.1) is 0 Å². The highest BCUT2D eigenvalue weighted by atomic mass is 15.1. The van der Waals surface area contributed by atoms with Gasteiger partial charge in [-0.3, -0.25) is 0 Å². The number of aromatic nitrogens is 2. The molecule has 8 heavy (non-hydrogen) atoms. The highest BCUT2D eigenvalue weighted by molar-refractivity contribution is 4.79. The van der Waals surface area contributed by atoms with E-state index in [0.717, 1.165) is 0 Å². The van der Waals surface area contributed by atoms with Crippen molar-refractivity contribution in [2.45, 2.75) is 0 Å². The van der Waals surface area contributed by atoms with Crippen molar-refractivity contribution in [3.63, 3.8) is 0 Å². The fourth-order valence-electron chi connectivity index (χ4n) is 0.253. The van der Waals surface area contributed by atoms with Crippen molar-refractivity contribution < 1.29 is 0 Å². The van der Waals surface area contributed by atoms with E-state index in [1.165, 1.54) is 0 Å². The van der Waals surface area contributed by atoms with E-state index in [1.807, 2.05) is 12.1 Å². The third-order valence-corrected chi connectivity index (χ3v) is 0.483. The Morgan fingerprint density at radius 3 is 1.25 bits per heavy atom. The maximum Gasteiger partial charge on any atom is 0.0496 e. The summed E-state index contributed by atoms with van der Waals surface area (Å²) in [6.07, 6.45) is 3.28. The molecule has 0 aliphatic heterocycles. The molecule has 0 saturated heterocycles. The molecule has 1 aromatic heterocycles. The third-order valence-electron chi connectivity index (χ3n) is 0.483. The highest BCUT2D eigenvalue weighted by Crippen LogP contribution is 1.68. The normalized spacial score (nSPS) is 6.00. The van der Waals surface area contributed by atoms with Gasteiger partial charge in [0.2, 0.25) is 0 Å². The lowest BCUT2D eigenvalue weighted by molar-refractivity contribution is 1.03. The van der Waals surface area contributed by atoms with Gasteiger partial charge in [0.15, 0.2) is 0 Å². The molecular formula is C4H10N4. The number of hydrogen-bond donors (Lipinski definition) is 2. The minimum atomic E-state index is 0. The van der Waals surface area contributed by atoms with Gasteiger partial charge in [-0.05, 0) is 12.1 Å². The topological polar surface area (TPSA) is 95.8 Å². The fourth-order valence-corrected chi connectivity index (χ4v) is 0.253. The van der Waals surface area contributed by atoms with Crippen LogP contribution >= 0.6 is 0 Å². The van der Waals surface area contributed by atoms with Crippen molar-refractivity contribution in [3.8, 4) is 0 Å². The zero-order chi connectivity index (χ0) is 4.24. The van der Waals surface area contributed by atoms with E-state index in [2.05, 4.69) is 10.2 Å². The monoisotopic (exact) mass is 114 g/mol. The first-order valence-electron chi connectivity index (χ1n) is 1.72. The molecule has 0 amide bonds. The predicted octanol–water partition coefficient (Wildman–Crippen LogP) is 0.801. The summed E-state index contributed by atoms with van der Waals surface area (Å²) in [6, 6.07) is 3.65. The zero-order valence-corrected chi connectivity index (χ0v) is 4.62. The molecule has 0 atom stereocenters. The minimum absolute atomic E-state index is 0. The second-order valence-corrected chi connectivity index (χ2v) is 0.914. The van der Waals surface area contributed by atoms with Crippen LogP contribution in [0.15, 0.2) is 24.5 Å². The Balaban J connectivity index is 0. The Kier molecular flexibility index (Phi) is 7.56. The Labute approximate surface area is 48.1 Å². The smallest absolute Gasteiger partial charge is 0.0496 e. The van der Waals surface area contributed by atoms with E-state index in [1.54, 1.807) is 12.4 Å². The van der Waals surface area contributed by atoms with Gasteiger partial charge >= 0.3 is 0 Å². The molecule has 0 saturated carbocycles. The molecule has 0 aromatic carbocycles. The summed E-state index contributed by atoms with van der Waals surface area (Å²) < 4.78 is 0. The molecule has 0 spiro atoms. The molecule has 4 heteroatoms. The van der Waals surface area contributed by atoms with E-state index in [4.69, 9.17) is 0 Å². The molecule has 0 aliphatic rings. The SMILES string of the molecule is N.N.c1ccnnc1. The first kappa shape index (κ1) is 10.1. The summed E-state index contributed by atoms with van der Waals surface area (Å²) in [5.41, 5.74) is 0. The Morgan fingerprint density at radius 1 is 0.750 bits per heavy atom. The van der Waals surface area contributed by atoms with Crippen LogP contribution < -0.4 is 12.3 Å². The van der Waals surface area contributed by atoms with E-state index >= 15 is 0 Å². The summed E-state index contributed by atoms with van der Waals surface area (Å²) in [4.78, 5) is 0.